The van der Waals surface area contributed by atoms with Crippen LogP contribution in [-0.2, 0) is 9.59 Å². The van der Waals surface area contributed by atoms with Gasteiger partial charge in [-0.2, -0.15) is 26.3 Å². The Balaban J connectivity index is 2.85. The van der Waals surface area contributed by atoms with E-state index in [2.05, 4.69) is 23.2 Å². The van der Waals surface area contributed by atoms with Crippen LogP contribution in [0.15, 0.2) is 24.3 Å². The van der Waals surface area contributed by atoms with Gasteiger partial charge in [0.25, 0.3) is 11.8 Å². The fraction of sp³-hybridized carbons (Fsp3) is 0.333. The van der Waals surface area contributed by atoms with E-state index in [4.69, 9.17) is 0 Å². The molecule has 0 aliphatic rings. The number of carbonyl (C=O) groups is 2. The number of amides is 2. The first kappa shape index (κ1) is 22.2. The van der Waals surface area contributed by atoms with Gasteiger partial charge < -0.3 is 10.6 Å². The molecule has 0 fully saturated rings. The van der Waals surface area contributed by atoms with E-state index in [1.807, 2.05) is 0 Å². The van der Waals surface area contributed by atoms with Gasteiger partial charge in [-0.1, -0.05) is 23.2 Å². The van der Waals surface area contributed by atoms with Gasteiger partial charge in [0.15, 0.2) is 0 Å². The molecule has 0 radical (unpaired) electrons. The zero-order chi connectivity index (χ0) is 20.6. The monoisotopic (exact) mass is 432 g/mol. The van der Waals surface area contributed by atoms with E-state index >= 15 is 0 Å². The summed E-state index contributed by atoms with van der Waals surface area (Å²) in [5.74, 6) is -4.55. The van der Waals surface area contributed by atoms with Crippen molar-refractivity contribution in [3.63, 3.8) is 0 Å². The van der Waals surface area contributed by atoms with Crippen LogP contribution in [0.25, 0.3) is 0 Å². The molecule has 26 heavy (non-hydrogen) atoms. The van der Waals surface area contributed by atoms with Crippen LogP contribution >= 0.6 is 23.2 Å². The SMILES string of the molecule is O=C(Nc1ccc(NC(=O)[C@](F)(Cl)C(F)(F)F)cc1)[C@](F)(Cl)C(F)(F)F. The van der Waals surface area contributed by atoms with Crippen molar-refractivity contribution in [2.45, 2.75) is 22.6 Å². The van der Waals surface area contributed by atoms with Gasteiger partial charge in [0.05, 0.1) is 0 Å². The van der Waals surface area contributed by atoms with Gasteiger partial charge in [-0.3, -0.25) is 9.59 Å². The van der Waals surface area contributed by atoms with Crippen LogP contribution in [0.2, 0.25) is 0 Å². The Hall–Kier alpha value is -1.82. The second-order valence-electron chi connectivity index (χ2n) is 4.63. The Morgan fingerprint density at radius 3 is 1.08 bits per heavy atom. The zero-order valence-electron chi connectivity index (χ0n) is 11.9. The van der Waals surface area contributed by atoms with Crippen LogP contribution in [0, 0.1) is 0 Å². The van der Waals surface area contributed by atoms with E-state index in [0.29, 0.717) is 0 Å². The number of benzene rings is 1. The molecule has 2 atom stereocenters. The topological polar surface area (TPSA) is 58.2 Å². The Labute approximate surface area is 149 Å². The van der Waals surface area contributed by atoms with Gasteiger partial charge in [0, 0.05) is 11.4 Å². The highest BCUT2D eigenvalue weighted by molar-refractivity contribution is 6.36. The van der Waals surface area contributed by atoms with E-state index in [1.54, 1.807) is 0 Å². The average molecular weight is 433 g/mol. The van der Waals surface area contributed by atoms with E-state index in [9.17, 15) is 44.7 Å². The Morgan fingerprint density at radius 2 is 0.885 bits per heavy atom. The minimum absolute atomic E-state index is 0.451. The normalized spacial score (nSPS) is 17.0. The molecular weight excluding hydrogens is 427 g/mol. The van der Waals surface area contributed by atoms with Crippen LogP contribution in [0.1, 0.15) is 0 Å². The Kier molecular flexibility index (Phi) is 6.04. The van der Waals surface area contributed by atoms with Crippen LogP contribution in [-0.4, -0.2) is 34.4 Å². The summed E-state index contributed by atoms with van der Waals surface area (Å²) < 4.78 is 99.8. The molecule has 146 valence electrons. The molecule has 0 aliphatic heterocycles. The predicted molar refractivity (Wildman–Crippen MR) is 75.2 cm³/mol. The van der Waals surface area contributed by atoms with E-state index < -0.39 is 45.8 Å². The summed E-state index contributed by atoms with van der Waals surface area (Å²) in [7, 11) is 0. The maximum atomic E-state index is 13.2. The van der Waals surface area contributed by atoms with Gasteiger partial charge in [0.2, 0.25) is 0 Å². The summed E-state index contributed by atoms with van der Waals surface area (Å²) in [6.45, 7) is 0. The molecule has 0 aromatic heterocycles. The number of rotatable bonds is 4. The predicted octanol–water partition coefficient (Wildman–Crippen LogP) is 4.50. The van der Waals surface area contributed by atoms with Crippen LogP contribution < -0.4 is 10.6 Å². The van der Waals surface area contributed by atoms with Gasteiger partial charge >= 0.3 is 22.6 Å². The van der Waals surface area contributed by atoms with E-state index in [1.165, 1.54) is 10.6 Å². The molecule has 0 unspecified atom stereocenters. The maximum absolute atomic E-state index is 13.2. The van der Waals surface area contributed by atoms with Gasteiger partial charge in [-0.25, -0.2) is 8.78 Å². The summed E-state index contributed by atoms with van der Waals surface area (Å²) in [6, 6.07) is 3.11. The van der Waals surface area contributed by atoms with Crippen molar-refractivity contribution >= 4 is 46.4 Å². The molecule has 0 saturated carbocycles. The van der Waals surface area contributed by atoms with Crippen LogP contribution in [0.4, 0.5) is 46.5 Å². The molecule has 1 aromatic rings. The summed E-state index contributed by atoms with van der Waals surface area (Å²) in [5, 5.41) is -6.52. The number of alkyl halides is 10. The molecular formula is C12H6Cl2F8N2O2. The summed E-state index contributed by atoms with van der Waals surface area (Å²) in [6.07, 6.45) is -11.4. The third-order valence-corrected chi connectivity index (χ3v) is 3.45. The van der Waals surface area contributed by atoms with Crippen molar-refractivity contribution in [2.24, 2.45) is 0 Å². The first-order chi connectivity index (χ1) is 11.5. The number of carbonyl (C=O) groups excluding carboxylic acids is 2. The van der Waals surface area contributed by atoms with Gasteiger partial charge in [-0.15, -0.1) is 0 Å². The quantitative estimate of drug-likeness (QED) is 0.543. The van der Waals surface area contributed by atoms with Crippen molar-refractivity contribution in [3.05, 3.63) is 24.3 Å². The first-order valence-corrected chi connectivity index (χ1v) is 6.88. The average Bonchev–Trinajstić information content (AvgIpc) is 2.46. The van der Waals surface area contributed by atoms with Crippen molar-refractivity contribution < 1.29 is 44.7 Å². The minimum Gasteiger partial charge on any atom is -0.322 e. The smallest absolute Gasteiger partial charge is 0.322 e. The Bertz CT molecular complexity index is 627. The van der Waals surface area contributed by atoms with E-state index in [0.717, 1.165) is 24.3 Å². The Morgan fingerprint density at radius 1 is 0.654 bits per heavy atom. The van der Waals surface area contributed by atoms with Crippen molar-refractivity contribution in [1.82, 2.24) is 0 Å². The lowest BCUT2D eigenvalue weighted by Gasteiger charge is -2.21. The summed E-state index contributed by atoms with van der Waals surface area (Å²) >= 11 is 8.96. The lowest BCUT2D eigenvalue weighted by molar-refractivity contribution is -0.198. The third kappa shape index (κ3) is 4.67. The highest BCUT2D eigenvalue weighted by atomic mass is 35.5. The molecule has 1 aromatic carbocycles. The molecule has 0 spiro atoms. The minimum atomic E-state index is -5.71. The number of hydrogen-bond acceptors (Lipinski definition) is 2. The molecule has 0 aliphatic carbocycles. The lowest BCUT2D eigenvalue weighted by Crippen LogP contribution is -2.46. The van der Waals surface area contributed by atoms with Crippen LogP contribution in [0.3, 0.4) is 0 Å². The number of anilines is 2. The van der Waals surface area contributed by atoms with Crippen LogP contribution in [0.5, 0.6) is 0 Å². The number of hydrogen-bond donors (Lipinski definition) is 2. The second-order valence-corrected chi connectivity index (χ2v) is 5.67. The number of nitrogens with one attached hydrogen (secondary N) is 2. The molecule has 14 heteroatoms. The highest BCUT2D eigenvalue weighted by Gasteiger charge is 2.61. The molecule has 2 amide bonds. The molecule has 1 rings (SSSR count). The van der Waals surface area contributed by atoms with E-state index in [-0.39, 0.29) is 0 Å². The summed E-state index contributed by atoms with van der Waals surface area (Å²) in [5.41, 5.74) is -0.902. The largest absolute Gasteiger partial charge is 0.446 e. The van der Waals surface area contributed by atoms with Crippen molar-refractivity contribution in [2.75, 3.05) is 10.6 Å². The molecule has 0 saturated heterocycles. The standard InChI is InChI=1S/C12H6Cl2F8N2O2/c13-9(15,11(17,18)19)7(25)23-5-1-2-6(4-3-5)24-8(26)10(14,16)12(20,21)22/h1-4H,(H,23,25)(H,24,26)/t9-,10-/m1/s1. The fourth-order valence-corrected chi connectivity index (χ4v) is 1.41. The molecule has 0 heterocycles. The fourth-order valence-electron chi connectivity index (χ4n) is 1.31. The first-order valence-electron chi connectivity index (χ1n) is 6.12. The number of halogens is 10. The molecule has 4 nitrogen and oxygen atoms in total. The molecule has 2 N–H and O–H groups in total. The van der Waals surface area contributed by atoms with Crippen molar-refractivity contribution in [3.8, 4) is 0 Å². The highest BCUT2D eigenvalue weighted by Crippen LogP contribution is 2.39. The second kappa shape index (κ2) is 7.06. The summed E-state index contributed by atoms with van der Waals surface area (Å²) in [4.78, 5) is 22.4. The van der Waals surface area contributed by atoms with Gasteiger partial charge in [0.1, 0.15) is 0 Å². The van der Waals surface area contributed by atoms with Gasteiger partial charge in [-0.05, 0) is 24.3 Å². The lowest BCUT2D eigenvalue weighted by atomic mass is 10.2. The van der Waals surface area contributed by atoms with Crippen molar-refractivity contribution in [1.29, 1.82) is 0 Å². The maximum Gasteiger partial charge on any atom is 0.446 e. The zero-order valence-corrected chi connectivity index (χ0v) is 13.4. The third-order valence-electron chi connectivity index (χ3n) is 2.68. The molecule has 0 bridgehead atoms.